The zero-order valence-corrected chi connectivity index (χ0v) is 20.2. The Bertz CT molecular complexity index is 1060. The van der Waals surface area contributed by atoms with Crippen LogP contribution in [-0.2, 0) is 11.3 Å². The van der Waals surface area contributed by atoms with Crippen LogP contribution in [-0.4, -0.2) is 25.8 Å². The summed E-state index contributed by atoms with van der Waals surface area (Å²) in [5, 5.41) is 0. The smallest absolute Gasteiger partial charge is 0.234 e. The Hall–Kier alpha value is -2.72. The van der Waals surface area contributed by atoms with E-state index in [9.17, 15) is 4.79 Å². The van der Waals surface area contributed by atoms with Gasteiger partial charge in [0.05, 0.1) is 12.5 Å². The number of nitrogens with zero attached hydrogens (tertiary/aromatic N) is 2. The van der Waals surface area contributed by atoms with Gasteiger partial charge in [-0.1, -0.05) is 56.3 Å². The van der Waals surface area contributed by atoms with Crippen molar-refractivity contribution < 1.29 is 4.79 Å². The van der Waals surface area contributed by atoms with Crippen LogP contribution in [0.5, 0.6) is 0 Å². The van der Waals surface area contributed by atoms with Crippen molar-refractivity contribution in [1.29, 1.82) is 0 Å². The zero-order chi connectivity index (χ0) is 22.7. The molecule has 0 fully saturated rings. The van der Waals surface area contributed by atoms with Gasteiger partial charge in [-0.15, -0.1) is 11.8 Å². The molecule has 0 aromatic heterocycles. The summed E-state index contributed by atoms with van der Waals surface area (Å²) in [6.45, 7) is 4.96. The van der Waals surface area contributed by atoms with Crippen molar-refractivity contribution in [2.45, 2.75) is 43.5 Å². The Morgan fingerprint density at radius 2 is 1.59 bits per heavy atom. The Morgan fingerprint density at radius 1 is 0.938 bits per heavy atom. The number of rotatable bonds is 6. The first-order valence-corrected chi connectivity index (χ1v) is 12.3. The average Bonchev–Trinajstić information content (AvgIpc) is 2.82. The van der Waals surface area contributed by atoms with Gasteiger partial charge in [0, 0.05) is 30.4 Å². The summed E-state index contributed by atoms with van der Waals surface area (Å²) in [6.07, 6.45) is 0.876. The van der Waals surface area contributed by atoms with E-state index in [1.807, 2.05) is 36.8 Å². The van der Waals surface area contributed by atoms with Gasteiger partial charge in [-0.3, -0.25) is 4.79 Å². The second kappa shape index (κ2) is 9.83. The number of fused-ring (bicyclic) bond motifs is 1. The quantitative estimate of drug-likeness (QED) is 0.423. The van der Waals surface area contributed by atoms with Gasteiger partial charge in [0.1, 0.15) is 0 Å². The maximum absolute atomic E-state index is 14.0. The zero-order valence-electron chi connectivity index (χ0n) is 19.4. The van der Waals surface area contributed by atoms with Crippen LogP contribution in [0.15, 0.2) is 77.7 Å². The molecule has 166 valence electrons. The van der Waals surface area contributed by atoms with Gasteiger partial charge < -0.3 is 9.80 Å². The minimum Gasteiger partial charge on any atom is -0.378 e. The Kier molecular flexibility index (Phi) is 6.90. The molecular weight excluding hydrogens is 412 g/mol. The molecule has 3 nitrogen and oxygen atoms in total. The Labute approximate surface area is 196 Å². The summed E-state index contributed by atoms with van der Waals surface area (Å²) in [7, 11) is 4.08. The molecule has 1 amide bonds. The van der Waals surface area contributed by atoms with E-state index < -0.39 is 0 Å². The van der Waals surface area contributed by atoms with E-state index in [1.165, 1.54) is 16.0 Å². The number of hydrogen-bond donors (Lipinski definition) is 0. The molecule has 32 heavy (non-hydrogen) atoms. The Morgan fingerprint density at radius 3 is 2.25 bits per heavy atom. The predicted octanol–water partition coefficient (Wildman–Crippen LogP) is 6.69. The second-order valence-electron chi connectivity index (χ2n) is 8.96. The molecule has 4 rings (SSSR count). The summed E-state index contributed by atoms with van der Waals surface area (Å²) in [5.74, 6) is 1.53. The number of hydrogen-bond acceptors (Lipinski definition) is 3. The highest BCUT2D eigenvalue weighted by Crippen LogP contribution is 2.39. The highest BCUT2D eigenvalue weighted by molar-refractivity contribution is 7.99. The van der Waals surface area contributed by atoms with Gasteiger partial charge in [-0.05, 0) is 65.1 Å². The molecule has 1 atom stereocenters. The monoisotopic (exact) mass is 444 g/mol. The van der Waals surface area contributed by atoms with Crippen LogP contribution in [0.2, 0.25) is 0 Å². The average molecular weight is 445 g/mol. The molecule has 0 radical (unpaired) electrons. The molecular formula is C28H32N2OS. The summed E-state index contributed by atoms with van der Waals surface area (Å²) in [5.41, 5.74) is 5.71. The number of anilines is 2. The molecule has 1 aliphatic rings. The van der Waals surface area contributed by atoms with Crippen LogP contribution >= 0.6 is 11.8 Å². The fourth-order valence-electron chi connectivity index (χ4n) is 4.20. The highest BCUT2D eigenvalue weighted by atomic mass is 32.2. The minimum atomic E-state index is -0.0988. The number of thioether (sulfide) groups is 1. The maximum Gasteiger partial charge on any atom is 0.234 e. The molecule has 3 aromatic carbocycles. The first-order chi connectivity index (χ1) is 15.4. The van der Waals surface area contributed by atoms with Gasteiger partial charge in [-0.2, -0.15) is 0 Å². The van der Waals surface area contributed by atoms with Crippen LogP contribution in [0.4, 0.5) is 11.4 Å². The van der Waals surface area contributed by atoms with Crippen LogP contribution in [0.25, 0.3) is 0 Å². The lowest BCUT2D eigenvalue weighted by Gasteiger charge is -2.31. The van der Waals surface area contributed by atoms with E-state index in [4.69, 9.17) is 0 Å². The van der Waals surface area contributed by atoms with Crippen LogP contribution < -0.4 is 9.80 Å². The van der Waals surface area contributed by atoms with Gasteiger partial charge in [-0.25, -0.2) is 0 Å². The largest absolute Gasteiger partial charge is 0.378 e. The van der Waals surface area contributed by atoms with Gasteiger partial charge in [0.2, 0.25) is 5.91 Å². The van der Waals surface area contributed by atoms with Crippen molar-refractivity contribution in [2.24, 2.45) is 0 Å². The third-order valence-corrected chi connectivity index (χ3v) is 7.31. The summed E-state index contributed by atoms with van der Waals surface area (Å²) in [6, 6.07) is 25.4. The predicted molar refractivity (Wildman–Crippen MR) is 137 cm³/mol. The molecule has 1 aliphatic heterocycles. The second-order valence-corrected chi connectivity index (χ2v) is 10.1. The lowest BCUT2D eigenvalue weighted by Crippen LogP contribution is -2.36. The van der Waals surface area contributed by atoms with E-state index >= 15 is 0 Å². The molecule has 0 saturated heterocycles. The number of carbonyl (C=O) groups excluding carboxylic acids is 1. The van der Waals surface area contributed by atoms with E-state index in [0.29, 0.717) is 12.5 Å². The number of carbonyl (C=O) groups is 1. The molecule has 0 bridgehead atoms. The first kappa shape index (κ1) is 22.5. The third kappa shape index (κ3) is 4.86. The minimum absolute atomic E-state index is 0.0988. The third-order valence-electron chi connectivity index (χ3n) is 6.19. The van der Waals surface area contributed by atoms with Crippen LogP contribution in [0.3, 0.4) is 0 Å². The molecule has 1 unspecified atom stereocenters. The maximum atomic E-state index is 14.0. The fourth-order valence-corrected chi connectivity index (χ4v) is 5.33. The number of amides is 1. The summed E-state index contributed by atoms with van der Waals surface area (Å²) >= 11 is 1.86. The molecule has 4 heteroatoms. The Balaban J connectivity index is 1.68. The molecule has 0 aliphatic carbocycles. The van der Waals surface area contributed by atoms with Crippen molar-refractivity contribution in [3.63, 3.8) is 0 Å². The molecule has 0 saturated carbocycles. The van der Waals surface area contributed by atoms with E-state index in [0.717, 1.165) is 29.1 Å². The lowest BCUT2D eigenvalue weighted by atomic mass is 9.93. The molecule has 1 heterocycles. The summed E-state index contributed by atoms with van der Waals surface area (Å²) < 4.78 is 0. The molecule has 0 N–H and O–H groups in total. The van der Waals surface area contributed by atoms with Gasteiger partial charge >= 0.3 is 0 Å². The number of benzene rings is 3. The van der Waals surface area contributed by atoms with Crippen molar-refractivity contribution in [1.82, 2.24) is 0 Å². The van der Waals surface area contributed by atoms with Crippen molar-refractivity contribution >= 4 is 29.0 Å². The first-order valence-electron chi connectivity index (χ1n) is 11.3. The van der Waals surface area contributed by atoms with E-state index in [1.54, 1.807) is 0 Å². The van der Waals surface area contributed by atoms with Gasteiger partial charge in [0.25, 0.3) is 0 Å². The SMILES string of the molecule is CC(C)c1ccc(N(Cc2ccc(N(C)C)cc2)C(=O)C2CCSc3ccccc32)cc1. The topological polar surface area (TPSA) is 23.6 Å². The summed E-state index contributed by atoms with van der Waals surface area (Å²) in [4.78, 5) is 19.3. The van der Waals surface area contributed by atoms with Gasteiger partial charge in [0.15, 0.2) is 0 Å². The lowest BCUT2D eigenvalue weighted by molar-refractivity contribution is -0.120. The van der Waals surface area contributed by atoms with Crippen LogP contribution in [0, 0.1) is 0 Å². The van der Waals surface area contributed by atoms with Crippen molar-refractivity contribution in [2.75, 3.05) is 29.6 Å². The van der Waals surface area contributed by atoms with E-state index in [2.05, 4.69) is 85.5 Å². The van der Waals surface area contributed by atoms with Crippen molar-refractivity contribution in [3.05, 3.63) is 89.5 Å². The van der Waals surface area contributed by atoms with E-state index in [-0.39, 0.29) is 11.8 Å². The standard InChI is InChI=1S/C28H32N2OS/c1-20(2)22-11-15-24(16-12-22)30(19-21-9-13-23(14-10-21)29(3)4)28(31)26-17-18-32-27-8-6-5-7-25(26)27/h5-16,20,26H,17-19H2,1-4H3. The molecule has 0 spiro atoms. The molecule has 3 aromatic rings. The fraction of sp³-hybridized carbons (Fsp3) is 0.321. The van der Waals surface area contributed by atoms with Crippen LogP contribution in [0.1, 0.15) is 48.8 Å². The highest BCUT2D eigenvalue weighted by Gasteiger charge is 2.31. The normalized spacial score (nSPS) is 15.3. The van der Waals surface area contributed by atoms with Crippen molar-refractivity contribution in [3.8, 4) is 0 Å².